The second-order valence-corrected chi connectivity index (χ2v) is 14.6. The Bertz CT molecular complexity index is 1490. The molecule has 2 aliphatic rings. The van der Waals surface area contributed by atoms with Crippen LogP contribution in [-0.4, -0.2) is 9.97 Å². The number of rotatable bonds is 2. The molecule has 2 aromatic carbocycles. The van der Waals surface area contributed by atoms with Crippen LogP contribution in [-0.2, 0) is 41.8 Å². The SMILES string of the molecule is CC1(C)CC(C)(C)c2cc(-c3[c-]cc4c(c3)C(C)(C)C(C)(C)C4(C)C)ncc21.[Ir].[c-]1ccccc1-c1ccccn1. The molecule has 2 nitrogen and oxygen atoms in total. The summed E-state index contributed by atoms with van der Waals surface area (Å²) in [5.74, 6) is 0. The van der Waals surface area contributed by atoms with E-state index in [-0.39, 0.29) is 47.2 Å². The quantitative estimate of drug-likeness (QED) is 0.193. The number of fused-ring (bicyclic) bond motifs is 2. The van der Waals surface area contributed by atoms with Gasteiger partial charge in [-0.05, 0) is 62.1 Å². The van der Waals surface area contributed by atoms with E-state index in [1.54, 1.807) is 6.20 Å². The van der Waals surface area contributed by atoms with Crippen molar-refractivity contribution in [3.63, 3.8) is 0 Å². The van der Waals surface area contributed by atoms with Crippen molar-refractivity contribution in [2.24, 2.45) is 5.41 Å². The van der Waals surface area contributed by atoms with E-state index in [2.05, 4.69) is 111 Å². The summed E-state index contributed by atoms with van der Waals surface area (Å²) in [4.78, 5) is 9.11. The van der Waals surface area contributed by atoms with Crippen molar-refractivity contribution in [3.8, 4) is 22.5 Å². The van der Waals surface area contributed by atoms with Gasteiger partial charge >= 0.3 is 0 Å². The maximum absolute atomic E-state index is 4.90. The summed E-state index contributed by atoms with van der Waals surface area (Å²) in [6.07, 6.45) is 5.08. The third kappa shape index (κ3) is 5.15. The van der Waals surface area contributed by atoms with Crippen molar-refractivity contribution >= 4 is 0 Å². The second-order valence-electron chi connectivity index (χ2n) is 14.6. The third-order valence-corrected chi connectivity index (χ3v) is 10.6. The van der Waals surface area contributed by atoms with E-state index in [1.807, 2.05) is 42.5 Å². The summed E-state index contributed by atoms with van der Waals surface area (Å²) in [5, 5.41) is 0. The van der Waals surface area contributed by atoms with Gasteiger partial charge in [0, 0.05) is 32.5 Å². The van der Waals surface area contributed by atoms with Gasteiger partial charge in [0.05, 0.1) is 0 Å². The maximum Gasteiger partial charge on any atom is 0.0201 e. The zero-order chi connectivity index (χ0) is 29.1. The van der Waals surface area contributed by atoms with Crippen molar-refractivity contribution in [1.82, 2.24) is 9.97 Å². The van der Waals surface area contributed by atoms with Crippen LogP contribution in [0, 0.1) is 17.5 Å². The molecule has 0 saturated carbocycles. The van der Waals surface area contributed by atoms with E-state index in [9.17, 15) is 0 Å². The Morgan fingerprint density at radius 3 is 1.90 bits per heavy atom. The molecule has 0 spiro atoms. The molecule has 1 radical (unpaired) electrons. The molecule has 0 fully saturated rings. The van der Waals surface area contributed by atoms with Gasteiger partial charge in [0.25, 0.3) is 0 Å². The van der Waals surface area contributed by atoms with Gasteiger partial charge in [0.2, 0.25) is 0 Å². The van der Waals surface area contributed by atoms with Gasteiger partial charge in [0.15, 0.2) is 0 Å². The van der Waals surface area contributed by atoms with Crippen LogP contribution in [0.25, 0.3) is 22.5 Å². The normalized spacial score (nSPS) is 19.7. The first-order valence-electron chi connectivity index (χ1n) is 14.6. The first-order valence-corrected chi connectivity index (χ1v) is 14.6. The smallest absolute Gasteiger partial charge is 0.0201 e. The van der Waals surface area contributed by atoms with Crippen LogP contribution >= 0.6 is 0 Å². The summed E-state index contributed by atoms with van der Waals surface area (Å²) in [6, 6.07) is 27.4. The van der Waals surface area contributed by atoms with Gasteiger partial charge in [-0.3, -0.25) is 0 Å². The molecular formula is C38H44IrN2-2. The minimum Gasteiger partial charge on any atom is -0.305 e. The van der Waals surface area contributed by atoms with Crippen LogP contribution in [0.4, 0.5) is 0 Å². The molecule has 0 bridgehead atoms. The zero-order valence-electron chi connectivity index (χ0n) is 26.4. The molecule has 0 atom stereocenters. The fourth-order valence-electron chi connectivity index (χ4n) is 7.20. The van der Waals surface area contributed by atoms with Gasteiger partial charge in [-0.2, -0.15) is 0 Å². The molecule has 0 saturated heterocycles. The molecule has 0 N–H and O–H groups in total. The number of hydrogen-bond donors (Lipinski definition) is 0. The van der Waals surface area contributed by atoms with Crippen molar-refractivity contribution in [1.29, 1.82) is 0 Å². The largest absolute Gasteiger partial charge is 0.305 e. The van der Waals surface area contributed by atoms with Crippen LogP contribution in [0.1, 0.15) is 97.9 Å². The number of hydrogen-bond acceptors (Lipinski definition) is 2. The van der Waals surface area contributed by atoms with Crippen molar-refractivity contribution in [3.05, 3.63) is 107 Å². The first-order chi connectivity index (χ1) is 18.6. The molecule has 6 rings (SSSR count). The molecule has 2 aromatic heterocycles. The van der Waals surface area contributed by atoms with E-state index < -0.39 is 0 Å². The summed E-state index contributed by atoms with van der Waals surface area (Å²) in [6.45, 7) is 23.8. The number of pyridine rings is 2. The molecule has 0 amide bonds. The van der Waals surface area contributed by atoms with Crippen LogP contribution in [0.15, 0.2) is 73.1 Å². The maximum atomic E-state index is 4.90. The fraction of sp³-hybridized carbons (Fsp3) is 0.421. The summed E-state index contributed by atoms with van der Waals surface area (Å²) in [7, 11) is 0. The van der Waals surface area contributed by atoms with E-state index in [4.69, 9.17) is 4.98 Å². The zero-order valence-corrected chi connectivity index (χ0v) is 28.8. The van der Waals surface area contributed by atoms with Crippen LogP contribution in [0.3, 0.4) is 0 Å². The minimum absolute atomic E-state index is 0. The monoisotopic (exact) mass is 721 g/mol. The second kappa shape index (κ2) is 10.6. The van der Waals surface area contributed by atoms with E-state index in [0.29, 0.717) is 0 Å². The molecule has 0 unspecified atom stereocenters. The molecule has 3 heteroatoms. The Labute approximate surface area is 261 Å². The van der Waals surface area contributed by atoms with Gasteiger partial charge in [-0.25, -0.2) is 0 Å². The third-order valence-electron chi connectivity index (χ3n) is 10.6. The van der Waals surface area contributed by atoms with Gasteiger partial charge in [0.1, 0.15) is 0 Å². The summed E-state index contributed by atoms with van der Waals surface area (Å²) < 4.78 is 0. The average Bonchev–Trinajstić information content (AvgIpc) is 3.17. The van der Waals surface area contributed by atoms with Crippen LogP contribution in [0.5, 0.6) is 0 Å². The first kappa shape index (κ1) is 31.3. The standard InChI is InChI=1S/C27H36N.C11H8N.Ir/c1-23(2)16-24(3,4)21-15-28-22(14-19(21)23)17-11-12-18-20(13-17)26(7,8)27(9,10)25(18,5)6;1-2-6-10(7-3-1)11-8-4-5-9-12-11;/h12-15H,16H2,1-10H3;1-6,8-9H;/q2*-1;. The van der Waals surface area contributed by atoms with Gasteiger partial charge in [-0.15, -0.1) is 70.8 Å². The molecule has 0 aliphatic heterocycles. The Balaban J connectivity index is 0.000000249. The molecule has 217 valence electrons. The van der Waals surface area contributed by atoms with Gasteiger partial charge < -0.3 is 9.97 Å². The molecule has 2 aliphatic carbocycles. The Hall–Kier alpha value is -2.61. The predicted octanol–water partition coefficient (Wildman–Crippen LogP) is 9.65. The van der Waals surface area contributed by atoms with E-state index >= 15 is 0 Å². The van der Waals surface area contributed by atoms with Crippen molar-refractivity contribution < 1.29 is 20.1 Å². The van der Waals surface area contributed by atoms with Crippen LogP contribution in [0.2, 0.25) is 0 Å². The molecule has 2 heterocycles. The van der Waals surface area contributed by atoms with Gasteiger partial charge in [-0.1, -0.05) is 87.4 Å². The molecular weight excluding hydrogens is 677 g/mol. The number of benzene rings is 2. The molecule has 4 aromatic rings. The van der Waals surface area contributed by atoms with E-state index in [0.717, 1.165) is 22.5 Å². The minimum atomic E-state index is 0. The van der Waals surface area contributed by atoms with E-state index in [1.165, 1.54) is 28.7 Å². The van der Waals surface area contributed by atoms with Crippen LogP contribution < -0.4 is 0 Å². The predicted molar refractivity (Wildman–Crippen MR) is 168 cm³/mol. The summed E-state index contributed by atoms with van der Waals surface area (Å²) >= 11 is 0. The average molecular weight is 721 g/mol. The topological polar surface area (TPSA) is 25.8 Å². The van der Waals surface area contributed by atoms with Crippen molar-refractivity contribution in [2.45, 2.75) is 97.3 Å². The Morgan fingerprint density at radius 1 is 0.610 bits per heavy atom. The van der Waals surface area contributed by atoms with Crippen molar-refractivity contribution in [2.75, 3.05) is 0 Å². The Kier molecular flexibility index (Phi) is 8.09. The molecule has 41 heavy (non-hydrogen) atoms. The summed E-state index contributed by atoms with van der Waals surface area (Å²) in [5.41, 5.74) is 10.7. The number of aromatic nitrogens is 2. The number of nitrogens with zero attached hydrogens (tertiary/aromatic N) is 2. The fourth-order valence-corrected chi connectivity index (χ4v) is 7.20. The Morgan fingerprint density at radius 2 is 1.27 bits per heavy atom.